The van der Waals surface area contributed by atoms with Gasteiger partial charge in [-0.2, -0.15) is 0 Å². The predicted octanol–water partition coefficient (Wildman–Crippen LogP) is 13.2. The van der Waals surface area contributed by atoms with Crippen LogP contribution >= 0.6 is 0 Å². The van der Waals surface area contributed by atoms with Gasteiger partial charge in [0.2, 0.25) is 5.91 Å². The zero-order valence-corrected chi connectivity index (χ0v) is 35.4. The molecular formula is C47H89NO5. The Kier molecular flexibility index (Phi) is 40.2. The first-order chi connectivity index (χ1) is 26.0. The largest absolute Gasteiger partial charge is 0.462 e. The summed E-state index contributed by atoms with van der Waals surface area (Å²) in [6, 6.07) is -0.702. The highest BCUT2D eigenvalue weighted by Gasteiger charge is 2.24. The summed E-state index contributed by atoms with van der Waals surface area (Å²) in [5.74, 6) is -0.499. The minimum Gasteiger partial charge on any atom is -0.462 e. The highest BCUT2D eigenvalue weighted by molar-refractivity contribution is 5.77. The zero-order chi connectivity index (χ0) is 38.9. The van der Waals surface area contributed by atoms with E-state index in [1.54, 1.807) is 0 Å². The monoisotopic (exact) mass is 748 g/mol. The summed E-state index contributed by atoms with van der Waals surface area (Å²) in [5.41, 5.74) is 0. The fourth-order valence-electron chi connectivity index (χ4n) is 6.96. The first kappa shape index (κ1) is 51.3. The number of aliphatic hydroxyl groups excluding tert-OH is 2. The molecule has 312 valence electrons. The molecule has 0 heterocycles. The normalized spacial score (nSPS) is 13.5. The van der Waals surface area contributed by atoms with Gasteiger partial charge in [0.05, 0.1) is 25.2 Å². The number of unbranched alkanes of at least 4 members (excludes halogenated alkanes) is 25. The lowest BCUT2D eigenvalue weighted by atomic mass is 10.0. The van der Waals surface area contributed by atoms with Crippen LogP contribution in [0.15, 0.2) is 24.3 Å². The summed E-state index contributed by atoms with van der Waals surface area (Å²) in [4.78, 5) is 25.9. The van der Waals surface area contributed by atoms with E-state index in [1.165, 1.54) is 116 Å². The lowest BCUT2D eigenvalue weighted by Crippen LogP contribution is -2.46. The second-order valence-corrected chi connectivity index (χ2v) is 15.8. The first-order valence-electron chi connectivity index (χ1n) is 23.1. The van der Waals surface area contributed by atoms with E-state index in [1.807, 2.05) is 0 Å². The molecule has 0 bridgehead atoms. The maximum Gasteiger partial charge on any atom is 0.306 e. The number of nitrogens with one attached hydrogen (secondary N) is 1. The number of allylic oxidation sites excluding steroid dienone is 4. The van der Waals surface area contributed by atoms with Crippen LogP contribution in [0.25, 0.3) is 0 Å². The minimum absolute atomic E-state index is 0.0657. The van der Waals surface area contributed by atoms with Crippen molar-refractivity contribution in [2.24, 2.45) is 0 Å². The number of rotatable bonds is 41. The summed E-state index contributed by atoms with van der Waals surface area (Å²) >= 11 is 0. The van der Waals surface area contributed by atoms with Crippen molar-refractivity contribution < 1.29 is 24.5 Å². The van der Waals surface area contributed by atoms with Crippen molar-refractivity contribution in [2.75, 3.05) is 6.61 Å². The van der Waals surface area contributed by atoms with Crippen molar-refractivity contribution in [3.8, 4) is 0 Å². The molecule has 0 rings (SSSR count). The molecule has 6 heteroatoms. The molecule has 0 aliphatic rings. The Morgan fingerprint density at radius 3 is 1.47 bits per heavy atom. The van der Waals surface area contributed by atoms with Crippen LogP contribution in [-0.4, -0.2) is 46.9 Å². The molecule has 3 atom stereocenters. The Morgan fingerprint density at radius 2 is 0.943 bits per heavy atom. The van der Waals surface area contributed by atoms with Crippen molar-refractivity contribution in [2.45, 2.75) is 257 Å². The highest BCUT2D eigenvalue weighted by atomic mass is 16.5. The van der Waals surface area contributed by atoms with Crippen molar-refractivity contribution in [3.05, 3.63) is 24.3 Å². The van der Waals surface area contributed by atoms with Gasteiger partial charge >= 0.3 is 5.97 Å². The standard InChI is InChI=1S/C47H89NO5/c1-4-7-10-13-16-19-21-23-24-25-27-30-33-36-39-45(50)44(42-49)48-46(51)41-43(38-35-32-29-18-15-12-9-6-3)53-47(52)40-37-34-31-28-26-22-20-17-14-11-8-5-2/h12,15,17,20,43-45,49-50H,4-11,13-14,16,18-19,21-42H2,1-3H3,(H,48,51)/b15-12-,20-17-. The second kappa shape index (κ2) is 41.5. The second-order valence-electron chi connectivity index (χ2n) is 15.8. The summed E-state index contributed by atoms with van der Waals surface area (Å²) in [7, 11) is 0. The zero-order valence-electron chi connectivity index (χ0n) is 35.4. The average Bonchev–Trinajstić information content (AvgIpc) is 3.15. The number of hydrogen-bond acceptors (Lipinski definition) is 5. The van der Waals surface area contributed by atoms with Gasteiger partial charge in [-0.15, -0.1) is 0 Å². The Hall–Kier alpha value is -1.66. The molecule has 0 aromatic heterocycles. The number of esters is 1. The van der Waals surface area contributed by atoms with E-state index in [9.17, 15) is 19.8 Å². The van der Waals surface area contributed by atoms with E-state index in [4.69, 9.17) is 4.74 Å². The van der Waals surface area contributed by atoms with Gasteiger partial charge < -0.3 is 20.3 Å². The molecule has 0 radical (unpaired) electrons. The van der Waals surface area contributed by atoms with E-state index in [-0.39, 0.29) is 24.9 Å². The third-order valence-electron chi connectivity index (χ3n) is 10.5. The molecule has 3 unspecified atom stereocenters. The fraction of sp³-hybridized carbons (Fsp3) is 0.872. The van der Waals surface area contributed by atoms with Crippen molar-refractivity contribution in [1.82, 2.24) is 5.32 Å². The number of hydrogen-bond donors (Lipinski definition) is 3. The Balaban J connectivity index is 4.46. The van der Waals surface area contributed by atoms with Crippen molar-refractivity contribution in [3.63, 3.8) is 0 Å². The van der Waals surface area contributed by atoms with Crippen LogP contribution in [0.1, 0.15) is 239 Å². The maximum atomic E-state index is 13.1. The molecule has 0 spiro atoms. The van der Waals surface area contributed by atoms with E-state index in [2.05, 4.69) is 50.4 Å². The third kappa shape index (κ3) is 37.1. The number of aliphatic hydroxyl groups is 2. The summed E-state index contributed by atoms with van der Waals surface area (Å²) in [5, 5.41) is 23.6. The molecule has 0 saturated heterocycles. The van der Waals surface area contributed by atoms with Gasteiger partial charge in [-0.3, -0.25) is 9.59 Å². The molecular weight excluding hydrogens is 659 g/mol. The number of carbonyl (C=O) groups is 2. The molecule has 53 heavy (non-hydrogen) atoms. The van der Waals surface area contributed by atoms with Crippen LogP contribution in [0.4, 0.5) is 0 Å². The Labute approximate surface area is 329 Å². The molecule has 0 aliphatic carbocycles. The number of ether oxygens (including phenoxy) is 1. The van der Waals surface area contributed by atoms with Gasteiger partial charge in [0.1, 0.15) is 6.10 Å². The van der Waals surface area contributed by atoms with Crippen LogP contribution in [0.2, 0.25) is 0 Å². The predicted molar refractivity (Wildman–Crippen MR) is 227 cm³/mol. The Bertz CT molecular complexity index is 843. The van der Waals surface area contributed by atoms with Gasteiger partial charge in [-0.25, -0.2) is 0 Å². The molecule has 0 fully saturated rings. The number of amides is 1. The lowest BCUT2D eigenvalue weighted by Gasteiger charge is -2.24. The van der Waals surface area contributed by atoms with E-state index >= 15 is 0 Å². The third-order valence-corrected chi connectivity index (χ3v) is 10.5. The minimum atomic E-state index is -0.787. The Morgan fingerprint density at radius 1 is 0.528 bits per heavy atom. The van der Waals surface area contributed by atoms with E-state index in [0.717, 1.165) is 77.0 Å². The van der Waals surface area contributed by atoms with Gasteiger partial charge in [0.25, 0.3) is 0 Å². The fourth-order valence-corrected chi connectivity index (χ4v) is 6.96. The molecule has 3 N–H and O–H groups in total. The topological polar surface area (TPSA) is 95.9 Å². The summed E-state index contributed by atoms with van der Waals surface area (Å²) in [6.07, 6.45) is 45.3. The molecule has 1 amide bonds. The van der Waals surface area contributed by atoms with Crippen molar-refractivity contribution >= 4 is 11.9 Å². The molecule has 0 aliphatic heterocycles. The first-order valence-corrected chi connectivity index (χ1v) is 23.1. The molecule has 0 aromatic carbocycles. The summed E-state index contributed by atoms with van der Waals surface area (Å²) < 4.78 is 5.87. The molecule has 0 saturated carbocycles. The average molecular weight is 748 g/mol. The maximum absolute atomic E-state index is 13.1. The van der Waals surface area contributed by atoms with Crippen LogP contribution < -0.4 is 5.32 Å². The highest BCUT2D eigenvalue weighted by Crippen LogP contribution is 2.17. The van der Waals surface area contributed by atoms with Crippen LogP contribution in [-0.2, 0) is 14.3 Å². The van der Waals surface area contributed by atoms with Crippen molar-refractivity contribution in [1.29, 1.82) is 0 Å². The lowest BCUT2D eigenvalue weighted by molar-refractivity contribution is -0.151. The van der Waals surface area contributed by atoms with Gasteiger partial charge in [-0.05, 0) is 70.6 Å². The van der Waals surface area contributed by atoms with Gasteiger partial charge in [0, 0.05) is 6.42 Å². The smallest absolute Gasteiger partial charge is 0.306 e. The molecule has 6 nitrogen and oxygen atoms in total. The SMILES string of the molecule is CCC/C=C\CCCCCC(CC(=O)NC(CO)C(O)CCCCCCCCCCCCCCCC)OC(=O)CCCCCCC/C=C\CCCCC. The number of carbonyl (C=O) groups excluding carboxylic acids is 2. The van der Waals surface area contributed by atoms with E-state index in [0.29, 0.717) is 19.3 Å². The van der Waals surface area contributed by atoms with Crippen LogP contribution in [0.5, 0.6) is 0 Å². The summed E-state index contributed by atoms with van der Waals surface area (Å²) in [6.45, 7) is 6.38. The van der Waals surface area contributed by atoms with Gasteiger partial charge in [-0.1, -0.05) is 180 Å². The quantitative estimate of drug-likeness (QED) is 0.0329. The molecule has 0 aromatic rings. The van der Waals surface area contributed by atoms with Crippen LogP contribution in [0, 0.1) is 0 Å². The van der Waals surface area contributed by atoms with Crippen LogP contribution in [0.3, 0.4) is 0 Å². The van der Waals surface area contributed by atoms with E-state index < -0.39 is 18.2 Å². The van der Waals surface area contributed by atoms with Gasteiger partial charge in [0.15, 0.2) is 0 Å².